The molecule has 4 rings (SSSR count). The first-order valence-corrected chi connectivity index (χ1v) is 8.65. The number of rotatable bonds is 4. The summed E-state index contributed by atoms with van der Waals surface area (Å²) in [5, 5.41) is 1.57. The second-order valence-corrected chi connectivity index (χ2v) is 6.21. The van der Waals surface area contributed by atoms with Crippen molar-refractivity contribution in [2.75, 3.05) is 14.2 Å². The van der Waals surface area contributed by atoms with Crippen molar-refractivity contribution in [3.8, 4) is 33.9 Å². The van der Waals surface area contributed by atoms with Crippen LogP contribution in [0, 0.1) is 0 Å². The van der Waals surface area contributed by atoms with Gasteiger partial charge in [0.2, 0.25) is 0 Å². The molecule has 0 amide bonds. The number of ether oxygens (including phenoxy) is 2. The Morgan fingerprint density at radius 1 is 0.704 bits per heavy atom. The Morgan fingerprint density at radius 3 is 2.11 bits per heavy atom. The Balaban J connectivity index is 2.06. The minimum absolute atomic E-state index is 0.110. The van der Waals surface area contributed by atoms with Crippen molar-refractivity contribution in [3.63, 3.8) is 0 Å². The summed E-state index contributed by atoms with van der Waals surface area (Å²) in [5.41, 5.74) is 3.52. The quantitative estimate of drug-likeness (QED) is 0.566. The molecule has 1 N–H and O–H groups in total. The molecule has 134 valence electrons. The maximum atomic E-state index is 12.7. The summed E-state index contributed by atoms with van der Waals surface area (Å²) in [5.74, 6) is 1.53. The van der Waals surface area contributed by atoms with Crippen LogP contribution in [0.2, 0.25) is 0 Å². The van der Waals surface area contributed by atoms with Gasteiger partial charge in [0, 0.05) is 16.5 Å². The highest BCUT2D eigenvalue weighted by Gasteiger charge is 2.15. The predicted molar refractivity (Wildman–Crippen MR) is 109 cm³/mol. The van der Waals surface area contributed by atoms with Crippen molar-refractivity contribution >= 4 is 10.8 Å². The monoisotopic (exact) mass is 357 g/mol. The van der Waals surface area contributed by atoms with Crippen LogP contribution in [-0.4, -0.2) is 19.2 Å². The van der Waals surface area contributed by atoms with Gasteiger partial charge in [-0.1, -0.05) is 42.5 Å². The third-order valence-electron chi connectivity index (χ3n) is 4.67. The third kappa shape index (κ3) is 3.06. The summed E-state index contributed by atoms with van der Waals surface area (Å²) in [4.78, 5) is 15.8. The standard InChI is InChI=1S/C23H19NO3/c1-26-17-12-10-15(11-13-17)21-19-8-3-4-9-20(19)23(25)24-22(21)16-6-5-7-18(14-16)27-2/h3-14H,1-2H3,(H,24,25). The van der Waals surface area contributed by atoms with Gasteiger partial charge in [-0.3, -0.25) is 4.79 Å². The molecular formula is C23H19NO3. The Labute approximate surface area is 157 Å². The average Bonchev–Trinajstić information content (AvgIpc) is 2.74. The molecule has 0 saturated carbocycles. The van der Waals surface area contributed by atoms with Gasteiger partial charge in [-0.25, -0.2) is 0 Å². The van der Waals surface area contributed by atoms with Gasteiger partial charge < -0.3 is 14.5 Å². The van der Waals surface area contributed by atoms with E-state index in [9.17, 15) is 4.79 Å². The van der Waals surface area contributed by atoms with E-state index >= 15 is 0 Å². The fourth-order valence-corrected chi connectivity index (χ4v) is 3.33. The Bertz CT molecular complexity index is 1160. The second kappa shape index (κ2) is 7.00. The van der Waals surface area contributed by atoms with E-state index in [0.29, 0.717) is 5.39 Å². The number of aromatic amines is 1. The van der Waals surface area contributed by atoms with E-state index < -0.39 is 0 Å². The van der Waals surface area contributed by atoms with Gasteiger partial charge in [0.05, 0.1) is 19.9 Å². The van der Waals surface area contributed by atoms with Crippen molar-refractivity contribution in [1.29, 1.82) is 0 Å². The van der Waals surface area contributed by atoms with E-state index in [4.69, 9.17) is 9.47 Å². The molecule has 0 spiro atoms. The van der Waals surface area contributed by atoms with E-state index in [2.05, 4.69) is 4.98 Å². The van der Waals surface area contributed by atoms with Crippen molar-refractivity contribution < 1.29 is 9.47 Å². The zero-order chi connectivity index (χ0) is 18.8. The molecule has 4 nitrogen and oxygen atoms in total. The first-order valence-electron chi connectivity index (χ1n) is 8.65. The number of pyridine rings is 1. The lowest BCUT2D eigenvalue weighted by Gasteiger charge is -2.14. The van der Waals surface area contributed by atoms with Gasteiger partial charge in [-0.2, -0.15) is 0 Å². The normalized spacial score (nSPS) is 10.7. The highest BCUT2D eigenvalue weighted by atomic mass is 16.5. The fraction of sp³-hybridized carbons (Fsp3) is 0.0870. The minimum atomic E-state index is -0.110. The molecule has 0 unspecified atom stereocenters. The molecule has 0 aliphatic rings. The zero-order valence-electron chi connectivity index (χ0n) is 15.2. The minimum Gasteiger partial charge on any atom is -0.497 e. The molecule has 0 aliphatic heterocycles. The van der Waals surface area contributed by atoms with Gasteiger partial charge in [-0.05, 0) is 41.3 Å². The van der Waals surface area contributed by atoms with Gasteiger partial charge in [0.1, 0.15) is 11.5 Å². The summed E-state index contributed by atoms with van der Waals surface area (Å²) < 4.78 is 10.6. The van der Waals surface area contributed by atoms with E-state index in [1.54, 1.807) is 14.2 Å². The van der Waals surface area contributed by atoms with Crippen LogP contribution >= 0.6 is 0 Å². The van der Waals surface area contributed by atoms with Crippen LogP contribution < -0.4 is 15.0 Å². The van der Waals surface area contributed by atoms with Gasteiger partial charge >= 0.3 is 0 Å². The maximum absolute atomic E-state index is 12.7. The van der Waals surface area contributed by atoms with Crippen LogP contribution in [0.1, 0.15) is 0 Å². The molecule has 1 heterocycles. The Hall–Kier alpha value is -3.53. The maximum Gasteiger partial charge on any atom is 0.256 e. The van der Waals surface area contributed by atoms with Crippen molar-refractivity contribution in [1.82, 2.24) is 4.98 Å². The molecule has 3 aromatic carbocycles. The number of nitrogens with one attached hydrogen (secondary N) is 1. The lowest BCUT2D eigenvalue weighted by atomic mass is 9.94. The molecule has 0 radical (unpaired) electrons. The van der Waals surface area contributed by atoms with Gasteiger partial charge in [0.15, 0.2) is 0 Å². The van der Waals surface area contributed by atoms with Crippen LogP contribution in [0.15, 0.2) is 77.6 Å². The number of hydrogen-bond acceptors (Lipinski definition) is 3. The number of H-pyrrole nitrogens is 1. The Kier molecular flexibility index (Phi) is 4.38. The topological polar surface area (TPSA) is 51.3 Å². The Morgan fingerprint density at radius 2 is 1.41 bits per heavy atom. The highest BCUT2D eigenvalue weighted by Crippen LogP contribution is 2.36. The van der Waals surface area contributed by atoms with E-state index in [1.807, 2.05) is 72.8 Å². The molecule has 0 bridgehead atoms. The summed E-state index contributed by atoms with van der Waals surface area (Å²) in [6, 6.07) is 23.2. The number of methoxy groups -OCH3 is 2. The average molecular weight is 357 g/mol. The molecule has 4 heteroatoms. The van der Waals surface area contributed by atoms with Crippen LogP contribution in [0.4, 0.5) is 0 Å². The van der Waals surface area contributed by atoms with Crippen molar-refractivity contribution in [2.45, 2.75) is 0 Å². The van der Waals surface area contributed by atoms with Crippen LogP contribution in [0.25, 0.3) is 33.2 Å². The number of hydrogen-bond donors (Lipinski definition) is 1. The van der Waals surface area contributed by atoms with E-state index in [0.717, 1.165) is 39.3 Å². The van der Waals surface area contributed by atoms with E-state index in [1.165, 1.54) is 0 Å². The molecule has 1 aromatic heterocycles. The lowest BCUT2D eigenvalue weighted by molar-refractivity contribution is 0.415. The van der Waals surface area contributed by atoms with Crippen molar-refractivity contribution in [2.24, 2.45) is 0 Å². The number of fused-ring (bicyclic) bond motifs is 1. The summed E-state index contributed by atoms with van der Waals surface area (Å²) in [7, 11) is 3.28. The van der Waals surface area contributed by atoms with Crippen LogP contribution in [0.3, 0.4) is 0 Å². The SMILES string of the molecule is COc1ccc(-c2c(-c3cccc(OC)c3)[nH]c(=O)c3ccccc23)cc1. The predicted octanol–water partition coefficient (Wildman–Crippen LogP) is 4.88. The first kappa shape index (κ1) is 16.9. The third-order valence-corrected chi connectivity index (χ3v) is 4.67. The van der Waals surface area contributed by atoms with Crippen molar-refractivity contribution in [3.05, 3.63) is 83.2 Å². The molecule has 27 heavy (non-hydrogen) atoms. The van der Waals surface area contributed by atoms with E-state index in [-0.39, 0.29) is 5.56 Å². The number of benzene rings is 3. The lowest BCUT2D eigenvalue weighted by Crippen LogP contribution is -2.09. The van der Waals surface area contributed by atoms with Gasteiger partial charge in [0.25, 0.3) is 5.56 Å². The molecule has 4 aromatic rings. The summed E-state index contributed by atoms with van der Waals surface area (Å²) in [6.07, 6.45) is 0. The molecule has 0 saturated heterocycles. The summed E-state index contributed by atoms with van der Waals surface area (Å²) in [6.45, 7) is 0. The summed E-state index contributed by atoms with van der Waals surface area (Å²) >= 11 is 0. The number of aromatic nitrogens is 1. The second-order valence-electron chi connectivity index (χ2n) is 6.21. The zero-order valence-corrected chi connectivity index (χ0v) is 15.2. The van der Waals surface area contributed by atoms with Crippen LogP contribution in [-0.2, 0) is 0 Å². The largest absolute Gasteiger partial charge is 0.497 e. The molecule has 0 fully saturated rings. The van der Waals surface area contributed by atoms with Gasteiger partial charge in [-0.15, -0.1) is 0 Å². The molecule has 0 atom stereocenters. The highest BCUT2D eigenvalue weighted by molar-refractivity contribution is 6.02. The molecular weight excluding hydrogens is 338 g/mol. The molecule has 0 aliphatic carbocycles. The smallest absolute Gasteiger partial charge is 0.256 e. The fourth-order valence-electron chi connectivity index (χ4n) is 3.33. The van der Waals surface area contributed by atoms with Crippen LogP contribution in [0.5, 0.6) is 11.5 Å². The first-order chi connectivity index (χ1) is 13.2.